The summed E-state index contributed by atoms with van der Waals surface area (Å²) in [4.78, 5) is 22.1. The largest absolute Gasteiger partial charge is 0.492 e. The molecular weight excluding hydrogens is 451 g/mol. The third-order valence-electron chi connectivity index (χ3n) is 5.19. The summed E-state index contributed by atoms with van der Waals surface area (Å²) in [5.41, 5.74) is 1.80. The van der Waals surface area contributed by atoms with Crippen LogP contribution in [0.1, 0.15) is 0 Å². The van der Waals surface area contributed by atoms with Gasteiger partial charge < -0.3 is 25.4 Å². The average Bonchev–Trinajstić information content (AvgIpc) is 2.87. The molecule has 0 bridgehead atoms. The maximum Gasteiger partial charge on any atom is 0.247 e. The number of amides is 1. The highest BCUT2D eigenvalue weighted by Crippen LogP contribution is 2.24. The number of nitrogens with one attached hydrogen (secondary N) is 3. The lowest BCUT2D eigenvalue weighted by atomic mass is 10.2. The lowest BCUT2D eigenvalue weighted by molar-refractivity contribution is -0.111. The number of carbonyl (C=O) groups is 1. The van der Waals surface area contributed by atoms with Crippen LogP contribution in [-0.2, 0) is 9.53 Å². The summed E-state index contributed by atoms with van der Waals surface area (Å²) in [6.07, 6.45) is 2.26. The van der Waals surface area contributed by atoms with Crippen LogP contribution in [-0.4, -0.2) is 60.2 Å². The minimum atomic E-state index is -0.615. The molecule has 35 heavy (non-hydrogen) atoms. The van der Waals surface area contributed by atoms with Gasteiger partial charge in [0.05, 0.1) is 19.4 Å². The molecule has 1 amide bonds. The van der Waals surface area contributed by atoms with Gasteiger partial charge in [-0.1, -0.05) is 18.7 Å². The smallest absolute Gasteiger partial charge is 0.247 e. The third-order valence-corrected chi connectivity index (χ3v) is 5.19. The normalized spacial score (nSPS) is 13.6. The molecule has 0 atom stereocenters. The lowest BCUT2D eigenvalue weighted by Crippen LogP contribution is -2.38. The number of nitrogens with zero attached hydrogens (tertiary/aromatic N) is 3. The molecule has 2 aromatic carbocycles. The summed E-state index contributed by atoms with van der Waals surface area (Å²) in [7, 11) is 0. The van der Waals surface area contributed by atoms with Gasteiger partial charge in [-0.3, -0.25) is 9.69 Å². The fourth-order valence-corrected chi connectivity index (χ4v) is 3.43. The minimum Gasteiger partial charge on any atom is -0.492 e. The molecule has 9 nitrogen and oxygen atoms in total. The zero-order valence-electron chi connectivity index (χ0n) is 19.2. The molecule has 4 rings (SSSR count). The number of hydrogen-bond acceptors (Lipinski definition) is 8. The number of anilines is 5. The molecule has 2 heterocycles. The molecule has 1 aromatic heterocycles. The van der Waals surface area contributed by atoms with Gasteiger partial charge in [-0.2, -0.15) is 4.98 Å². The second-order valence-corrected chi connectivity index (χ2v) is 7.74. The van der Waals surface area contributed by atoms with E-state index in [-0.39, 0.29) is 17.7 Å². The molecule has 1 aliphatic heterocycles. The lowest BCUT2D eigenvalue weighted by Gasteiger charge is -2.26. The SMILES string of the molecule is C=CC(=O)Nc1cccc(Nc2nc(Nc3cccc(OCCN4CCOCC4)c3)ncc2F)c1. The number of morpholine rings is 1. The summed E-state index contributed by atoms with van der Waals surface area (Å²) in [6.45, 7) is 8.16. The molecule has 182 valence electrons. The number of carbonyl (C=O) groups excluding carboxylic acids is 1. The van der Waals surface area contributed by atoms with Gasteiger partial charge in [-0.15, -0.1) is 0 Å². The maximum absolute atomic E-state index is 14.4. The van der Waals surface area contributed by atoms with Gasteiger partial charge >= 0.3 is 0 Å². The zero-order valence-corrected chi connectivity index (χ0v) is 19.2. The standard InChI is InChI=1S/C25H27FN6O3/c1-2-23(33)28-18-5-3-6-19(15-18)29-24-22(26)17-27-25(31-24)30-20-7-4-8-21(16-20)35-14-11-32-9-12-34-13-10-32/h2-8,15-17H,1,9-14H2,(H,28,33)(H2,27,29,30,31). The molecule has 1 saturated heterocycles. The van der Waals surface area contributed by atoms with Gasteiger partial charge in [-0.05, 0) is 36.4 Å². The molecule has 0 unspecified atom stereocenters. The van der Waals surface area contributed by atoms with Crippen LogP contribution in [0.25, 0.3) is 0 Å². The molecule has 0 spiro atoms. The molecule has 0 radical (unpaired) electrons. The van der Waals surface area contributed by atoms with Crippen LogP contribution in [0.5, 0.6) is 5.75 Å². The van der Waals surface area contributed by atoms with Crippen LogP contribution < -0.4 is 20.7 Å². The Morgan fingerprint density at radius 3 is 2.66 bits per heavy atom. The van der Waals surface area contributed by atoms with Crippen molar-refractivity contribution < 1.29 is 18.7 Å². The number of rotatable bonds is 10. The second kappa shape index (κ2) is 11.9. The van der Waals surface area contributed by atoms with Crippen LogP contribution in [0.15, 0.2) is 67.4 Å². The van der Waals surface area contributed by atoms with Crippen molar-refractivity contribution in [1.82, 2.24) is 14.9 Å². The van der Waals surface area contributed by atoms with Crippen molar-refractivity contribution in [3.8, 4) is 5.75 Å². The van der Waals surface area contributed by atoms with Gasteiger partial charge in [0.2, 0.25) is 11.9 Å². The van der Waals surface area contributed by atoms with Crippen LogP contribution in [0.3, 0.4) is 0 Å². The Morgan fingerprint density at radius 2 is 1.86 bits per heavy atom. The Labute approximate surface area is 203 Å². The van der Waals surface area contributed by atoms with E-state index in [1.54, 1.807) is 24.3 Å². The summed E-state index contributed by atoms with van der Waals surface area (Å²) in [6, 6.07) is 14.3. The number of hydrogen-bond donors (Lipinski definition) is 3. The van der Waals surface area contributed by atoms with E-state index < -0.39 is 5.82 Å². The van der Waals surface area contributed by atoms with Crippen molar-refractivity contribution in [1.29, 1.82) is 0 Å². The molecule has 3 aromatic rings. The number of ether oxygens (including phenoxy) is 2. The third kappa shape index (κ3) is 7.23. The van der Waals surface area contributed by atoms with E-state index >= 15 is 0 Å². The first kappa shape index (κ1) is 24.1. The molecule has 1 aliphatic rings. The quantitative estimate of drug-likeness (QED) is 0.377. The zero-order chi connectivity index (χ0) is 24.5. The van der Waals surface area contributed by atoms with Crippen molar-refractivity contribution >= 4 is 34.7 Å². The fourth-order valence-electron chi connectivity index (χ4n) is 3.43. The second-order valence-electron chi connectivity index (χ2n) is 7.74. The first-order valence-electron chi connectivity index (χ1n) is 11.2. The van der Waals surface area contributed by atoms with E-state index in [2.05, 4.69) is 37.4 Å². The highest BCUT2D eigenvalue weighted by Gasteiger charge is 2.11. The van der Waals surface area contributed by atoms with Crippen molar-refractivity contribution in [3.05, 3.63) is 73.2 Å². The van der Waals surface area contributed by atoms with Gasteiger partial charge in [0.1, 0.15) is 12.4 Å². The Balaban J connectivity index is 1.38. The summed E-state index contributed by atoms with van der Waals surface area (Å²) in [5.74, 6) is -0.0318. The van der Waals surface area contributed by atoms with E-state index in [9.17, 15) is 9.18 Å². The highest BCUT2D eigenvalue weighted by molar-refractivity contribution is 5.99. The molecular formula is C25H27FN6O3. The highest BCUT2D eigenvalue weighted by atomic mass is 19.1. The van der Waals surface area contributed by atoms with Crippen molar-refractivity contribution in [2.45, 2.75) is 0 Å². The first-order chi connectivity index (χ1) is 17.1. The van der Waals surface area contributed by atoms with Gasteiger partial charge in [0, 0.05) is 42.8 Å². The molecule has 0 aliphatic carbocycles. The van der Waals surface area contributed by atoms with Crippen LogP contribution >= 0.6 is 0 Å². The summed E-state index contributed by atoms with van der Waals surface area (Å²) < 4.78 is 25.6. The minimum absolute atomic E-state index is 0.00684. The van der Waals surface area contributed by atoms with E-state index in [1.807, 2.05) is 24.3 Å². The molecule has 10 heteroatoms. The maximum atomic E-state index is 14.4. The molecule has 1 fully saturated rings. The predicted octanol–water partition coefficient (Wildman–Crippen LogP) is 3.94. The first-order valence-corrected chi connectivity index (χ1v) is 11.2. The van der Waals surface area contributed by atoms with Gasteiger partial charge in [-0.25, -0.2) is 9.37 Å². The Kier molecular flexibility index (Phi) is 8.21. The van der Waals surface area contributed by atoms with Crippen molar-refractivity contribution in [2.75, 3.05) is 55.4 Å². The van der Waals surface area contributed by atoms with Crippen molar-refractivity contribution in [2.24, 2.45) is 0 Å². The summed E-state index contributed by atoms with van der Waals surface area (Å²) >= 11 is 0. The van der Waals surface area contributed by atoms with Gasteiger partial charge in [0.15, 0.2) is 11.6 Å². The average molecular weight is 479 g/mol. The van der Waals surface area contributed by atoms with E-state index in [0.29, 0.717) is 29.4 Å². The van der Waals surface area contributed by atoms with E-state index in [0.717, 1.165) is 39.0 Å². The number of benzene rings is 2. The van der Waals surface area contributed by atoms with Crippen LogP contribution in [0, 0.1) is 5.82 Å². The Hall–Kier alpha value is -4.02. The van der Waals surface area contributed by atoms with Crippen molar-refractivity contribution in [3.63, 3.8) is 0 Å². The molecule has 3 N–H and O–H groups in total. The molecule has 0 saturated carbocycles. The number of aromatic nitrogens is 2. The topological polar surface area (TPSA) is 101 Å². The fraction of sp³-hybridized carbons (Fsp3) is 0.240. The Bertz CT molecular complexity index is 1170. The Morgan fingerprint density at radius 1 is 1.11 bits per heavy atom. The van der Waals surface area contributed by atoms with Gasteiger partial charge in [0.25, 0.3) is 0 Å². The van der Waals surface area contributed by atoms with Crippen LogP contribution in [0.4, 0.5) is 33.2 Å². The monoisotopic (exact) mass is 478 g/mol. The summed E-state index contributed by atoms with van der Waals surface area (Å²) in [5, 5.41) is 8.66. The van der Waals surface area contributed by atoms with E-state index in [1.165, 1.54) is 6.08 Å². The van der Waals surface area contributed by atoms with E-state index in [4.69, 9.17) is 9.47 Å². The number of halogens is 1. The predicted molar refractivity (Wildman–Crippen MR) is 133 cm³/mol. The van der Waals surface area contributed by atoms with Crippen LogP contribution in [0.2, 0.25) is 0 Å².